The molecule has 7 heteroatoms. The molecule has 0 aromatic heterocycles. The maximum atomic E-state index is 13.8. The first-order valence-electron chi connectivity index (χ1n) is 7.69. The molecule has 0 radical (unpaired) electrons. The highest BCUT2D eigenvalue weighted by atomic mass is 35.5. The number of carbonyl (C=O) groups excluding carboxylic acids is 2. The zero-order valence-electron chi connectivity index (χ0n) is 13.4. The van der Waals surface area contributed by atoms with E-state index in [9.17, 15) is 18.4 Å². The number of benzene rings is 2. The average Bonchev–Trinajstić information content (AvgIpc) is 2.95. The van der Waals surface area contributed by atoms with Gasteiger partial charge in [0.15, 0.2) is 0 Å². The molecule has 1 saturated heterocycles. The number of hydrogen-bond acceptors (Lipinski definition) is 2. The van der Waals surface area contributed by atoms with Gasteiger partial charge >= 0.3 is 0 Å². The van der Waals surface area contributed by atoms with Gasteiger partial charge in [-0.3, -0.25) is 9.59 Å². The third-order valence-corrected chi connectivity index (χ3v) is 4.60. The summed E-state index contributed by atoms with van der Waals surface area (Å²) >= 11 is 6.12. The number of likely N-dealkylation sites (N-methyl/N-ethyl adjacent to an activating group) is 1. The van der Waals surface area contributed by atoms with Gasteiger partial charge in [0.2, 0.25) is 5.91 Å². The van der Waals surface area contributed by atoms with Crippen LogP contribution in [0.2, 0.25) is 5.02 Å². The van der Waals surface area contributed by atoms with E-state index in [4.69, 9.17) is 11.6 Å². The second kappa shape index (κ2) is 6.80. The van der Waals surface area contributed by atoms with Crippen molar-refractivity contribution in [2.75, 3.05) is 18.5 Å². The molecular weight excluding hydrogens is 350 g/mol. The summed E-state index contributed by atoms with van der Waals surface area (Å²) in [6.45, 7) is 0.366. The molecule has 130 valence electrons. The van der Waals surface area contributed by atoms with Gasteiger partial charge in [0, 0.05) is 13.6 Å². The Kier molecular flexibility index (Phi) is 4.72. The van der Waals surface area contributed by atoms with Gasteiger partial charge in [-0.25, -0.2) is 8.78 Å². The Morgan fingerprint density at radius 3 is 2.44 bits per heavy atom. The molecule has 4 nitrogen and oxygen atoms in total. The Labute approximate surface area is 148 Å². The maximum absolute atomic E-state index is 13.8. The molecule has 2 amide bonds. The Morgan fingerprint density at radius 2 is 1.80 bits per heavy atom. The van der Waals surface area contributed by atoms with Crippen LogP contribution >= 0.6 is 11.6 Å². The second-order valence-corrected chi connectivity index (χ2v) is 6.17. The highest BCUT2D eigenvalue weighted by Crippen LogP contribution is 2.30. The quantitative estimate of drug-likeness (QED) is 0.836. The van der Waals surface area contributed by atoms with Crippen LogP contribution in [-0.4, -0.2) is 36.3 Å². The fraction of sp³-hybridized carbons (Fsp3) is 0.222. The van der Waals surface area contributed by atoms with E-state index in [0.29, 0.717) is 23.7 Å². The van der Waals surface area contributed by atoms with Crippen molar-refractivity contribution in [1.29, 1.82) is 0 Å². The Balaban J connectivity index is 1.84. The number of hydrogen-bond donors (Lipinski definition) is 0. The Bertz CT molecular complexity index is 823. The first-order chi connectivity index (χ1) is 11.9. The predicted molar refractivity (Wildman–Crippen MR) is 90.7 cm³/mol. The summed E-state index contributed by atoms with van der Waals surface area (Å²) in [4.78, 5) is 27.7. The largest absolute Gasteiger partial charge is 0.329 e. The van der Waals surface area contributed by atoms with Gasteiger partial charge in [0.05, 0.1) is 10.7 Å². The topological polar surface area (TPSA) is 40.6 Å². The minimum atomic E-state index is -0.953. The van der Waals surface area contributed by atoms with E-state index in [1.165, 1.54) is 18.0 Å². The number of para-hydroxylation sites is 1. The van der Waals surface area contributed by atoms with Crippen LogP contribution in [0, 0.1) is 11.6 Å². The lowest BCUT2D eigenvalue weighted by atomic mass is 10.1. The van der Waals surface area contributed by atoms with E-state index in [1.54, 1.807) is 24.3 Å². The third kappa shape index (κ3) is 3.09. The molecule has 0 saturated carbocycles. The van der Waals surface area contributed by atoms with Crippen molar-refractivity contribution in [1.82, 2.24) is 4.90 Å². The molecule has 2 aromatic carbocycles. The van der Waals surface area contributed by atoms with Gasteiger partial charge in [-0.1, -0.05) is 29.8 Å². The number of halogens is 3. The molecule has 1 fully saturated rings. The van der Waals surface area contributed by atoms with Crippen molar-refractivity contribution >= 4 is 29.1 Å². The number of anilines is 1. The van der Waals surface area contributed by atoms with Crippen LogP contribution in [0.25, 0.3) is 0 Å². The molecule has 1 atom stereocenters. The number of carbonyl (C=O) groups is 2. The zero-order valence-corrected chi connectivity index (χ0v) is 14.1. The molecule has 1 heterocycles. The summed E-state index contributed by atoms with van der Waals surface area (Å²) in [7, 11) is 1.37. The maximum Gasteiger partial charge on any atom is 0.260 e. The van der Waals surface area contributed by atoms with Crippen LogP contribution in [0.3, 0.4) is 0 Å². The van der Waals surface area contributed by atoms with Crippen LogP contribution in [0.5, 0.6) is 0 Å². The first-order valence-corrected chi connectivity index (χ1v) is 8.06. The van der Waals surface area contributed by atoms with Gasteiger partial charge in [-0.2, -0.15) is 0 Å². The third-order valence-electron chi connectivity index (χ3n) is 4.28. The van der Waals surface area contributed by atoms with E-state index in [1.807, 2.05) is 0 Å². The second-order valence-electron chi connectivity index (χ2n) is 5.76. The molecule has 3 rings (SSSR count). The molecule has 0 bridgehead atoms. The van der Waals surface area contributed by atoms with Crippen LogP contribution in [0.15, 0.2) is 42.5 Å². The summed E-state index contributed by atoms with van der Waals surface area (Å²) in [5.41, 5.74) is -0.108. The van der Waals surface area contributed by atoms with Crippen molar-refractivity contribution in [3.63, 3.8) is 0 Å². The minimum absolute atomic E-state index is 0.333. The lowest BCUT2D eigenvalue weighted by Gasteiger charge is -2.24. The summed E-state index contributed by atoms with van der Waals surface area (Å²) in [6, 6.07) is 9.28. The Hall–Kier alpha value is -2.47. The average molecular weight is 365 g/mol. The zero-order chi connectivity index (χ0) is 18.1. The summed E-state index contributed by atoms with van der Waals surface area (Å²) in [6.07, 6.45) is 0.350. The van der Waals surface area contributed by atoms with Crippen LogP contribution in [-0.2, 0) is 4.79 Å². The summed E-state index contributed by atoms with van der Waals surface area (Å²) in [5, 5.41) is 0.422. The van der Waals surface area contributed by atoms with Gasteiger partial charge < -0.3 is 9.80 Å². The van der Waals surface area contributed by atoms with Crippen LogP contribution in [0.1, 0.15) is 16.8 Å². The molecule has 1 aliphatic rings. The normalized spacial score (nSPS) is 17.0. The standard InChI is InChI=1S/C18H15ClF2N2O2/c1-22(18(25)16-12(20)6-4-7-13(16)21)15-9-10-23(17(15)24)14-8-3-2-5-11(14)19/h2-8,15H,9-10H2,1H3. The van der Waals surface area contributed by atoms with Gasteiger partial charge in [0.25, 0.3) is 5.91 Å². The lowest BCUT2D eigenvalue weighted by Crippen LogP contribution is -2.43. The molecule has 25 heavy (non-hydrogen) atoms. The lowest BCUT2D eigenvalue weighted by molar-refractivity contribution is -0.120. The van der Waals surface area contributed by atoms with Crippen LogP contribution < -0.4 is 4.90 Å². The molecule has 0 N–H and O–H groups in total. The van der Waals surface area contributed by atoms with Crippen molar-refractivity contribution in [2.45, 2.75) is 12.5 Å². The predicted octanol–water partition coefficient (Wildman–Crippen LogP) is 3.50. The van der Waals surface area contributed by atoms with Crippen molar-refractivity contribution < 1.29 is 18.4 Å². The van der Waals surface area contributed by atoms with Crippen molar-refractivity contribution in [3.05, 3.63) is 64.7 Å². The summed E-state index contributed by atoms with van der Waals surface area (Å²) in [5.74, 6) is -3.11. The smallest absolute Gasteiger partial charge is 0.260 e. The van der Waals surface area contributed by atoms with Gasteiger partial charge in [0.1, 0.15) is 23.2 Å². The Morgan fingerprint density at radius 1 is 1.16 bits per heavy atom. The summed E-state index contributed by atoms with van der Waals surface area (Å²) < 4.78 is 27.7. The van der Waals surface area contributed by atoms with Crippen LogP contribution in [0.4, 0.5) is 14.5 Å². The highest BCUT2D eigenvalue weighted by molar-refractivity contribution is 6.34. The monoisotopic (exact) mass is 364 g/mol. The molecule has 1 unspecified atom stereocenters. The highest BCUT2D eigenvalue weighted by Gasteiger charge is 2.39. The van der Waals surface area contributed by atoms with Gasteiger partial charge in [-0.05, 0) is 30.7 Å². The number of rotatable bonds is 3. The molecule has 2 aromatic rings. The van der Waals surface area contributed by atoms with E-state index < -0.39 is 29.1 Å². The molecule has 0 spiro atoms. The fourth-order valence-electron chi connectivity index (χ4n) is 2.95. The first kappa shape index (κ1) is 17.4. The molecule has 0 aliphatic carbocycles. The number of amides is 2. The van der Waals surface area contributed by atoms with Gasteiger partial charge in [-0.15, -0.1) is 0 Å². The van der Waals surface area contributed by atoms with E-state index in [0.717, 1.165) is 17.0 Å². The minimum Gasteiger partial charge on any atom is -0.329 e. The molecule has 1 aliphatic heterocycles. The molecular formula is C18H15ClF2N2O2. The number of nitrogens with zero attached hydrogens (tertiary/aromatic N) is 2. The van der Waals surface area contributed by atoms with Crippen molar-refractivity contribution in [2.24, 2.45) is 0 Å². The van der Waals surface area contributed by atoms with E-state index in [2.05, 4.69) is 0 Å². The fourth-order valence-corrected chi connectivity index (χ4v) is 3.19. The van der Waals surface area contributed by atoms with Crippen molar-refractivity contribution in [3.8, 4) is 0 Å². The SMILES string of the molecule is CN(C(=O)c1c(F)cccc1F)C1CCN(c2ccccc2Cl)C1=O. The van der Waals surface area contributed by atoms with E-state index >= 15 is 0 Å². The van der Waals surface area contributed by atoms with E-state index in [-0.39, 0.29) is 5.91 Å².